The molecule has 0 saturated carbocycles. The molecule has 0 fully saturated rings. The number of ether oxygens (including phenoxy) is 1. The van der Waals surface area contributed by atoms with Gasteiger partial charge in [0.05, 0.1) is 6.17 Å². The number of aliphatic carboxylic acids is 1. The molecule has 6 nitrogen and oxygen atoms in total. The molecule has 0 radical (unpaired) electrons. The van der Waals surface area contributed by atoms with E-state index in [1.165, 1.54) is 5.56 Å². The van der Waals surface area contributed by atoms with Gasteiger partial charge >= 0.3 is 5.97 Å². The van der Waals surface area contributed by atoms with Crippen LogP contribution in [-0.2, 0) is 22.5 Å². The lowest BCUT2D eigenvalue weighted by Gasteiger charge is -2.40. The molecule has 128 valence electrons. The normalized spacial score (nSPS) is 22.2. The fraction of sp³-hybridized carbons (Fsp3) is 0.588. The van der Waals surface area contributed by atoms with Gasteiger partial charge in [0, 0.05) is 26.1 Å². The van der Waals surface area contributed by atoms with E-state index < -0.39 is 12.0 Å². The average molecular weight is 321 g/mol. The van der Waals surface area contributed by atoms with Gasteiger partial charge in [-0.1, -0.05) is 24.3 Å². The Morgan fingerprint density at radius 2 is 2.09 bits per heavy atom. The van der Waals surface area contributed by atoms with Gasteiger partial charge in [0.2, 0.25) is 0 Å². The number of hydrogen-bond acceptors (Lipinski definition) is 5. The van der Waals surface area contributed by atoms with Gasteiger partial charge in [-0.05, 0) is 31.4 Å². The summed E-state index contributed by atoms with van der Waals surface area (Å²) in [5.41, 5.74) is 8.11. The summed E-state index contributed by atoms with van der Waals surface area (Å²) in [4.78, 5) is 13.7. The molecule has 1 aromatic rings. The predicted molar refractivity (Wildman–Crippen MR) is 88.8 cm³/mol. The van der Waals surface area contributed by atoms with E-state index in [-0.39, 0.29) is 18.4 Å². The number of nitrogens with two attached hydrogens (primary N) is 1. The summed E-state index contributed by atoms with van der Waals surface area (Å²) >= 11 is 0. The lowest BCUT2D eigenvalue weighted by atomic mass is 9.93. The van der Waals surface area contributed by atoms with Crippen molar-refractivity contribution < 1.29 is 14.6 Å². The number of rotatable bonds is 7. The Hall–Kier alpha value is -1.47. The van der Waals surface area contributed by atoms with E-state index >= 15 is 0 Å². The molecular weight excluding hydrogens is 294 g/mol. The third kappa shape index (κ3) is 4.51. The Morgan fingerprint density at radius 3 is 2.70 bits per heavy atom. The molecule has 0 spiro atoms. The van der Waals surface area contributed by atoms with Crippen molar-refractivity contribution in [1.82, 2.24) is 10.2 Å². The zero-order chi connectivity index (χ0) is 17.0. The molecule has 23 heavy (non-hydrogen) atoms. The number of nitrogens with one attached hydrogen (secondary N) is 1. The average Bonchev–Trinajstić information content (AvgIpc) is 2.53. The molecule has 1 heterocycles. The summed E-state index contributed by atoms with van der Waals surface area (Å²) in [6.45, 7) is 4.66. The molecule has 4 N–H and O–H groups in total. The highest BCUT2D eigenvalue weighted by atomic mass is 16.5. The lowest BCUT2D eigenvalue weighted by Crippen LogP contribution is -2.56. The van der Waals surface area contributed by atoms with Gasteiger partial charge in [-0.15, -0.1) is 0 Å². The number of fused-ring (bicyclic) bond motifs is 1. The second-order valence-electron chi connectivity index (χ2n) is 6.25. The van der Waals surface area contributed by atoms with Crippen molar-refractivity contribution in [2.75, 3.05) is 7.11 Å². The largest absolute Gasteiger partial charge is 0.480 e. The highest BCUT2D eigenvalue weighted by Crippen LogP contribution is 2.25. The summed E-state index contributed by atoms with van der Waals surface area (Å²) in [6, 6.07) is 7.65. The smallest absolute Gasteiger partial charge is 0.321 e. The van der Waals surface area contributed by atoms with E-state index in [9.17, 15) is 9.90 Å². The summed E-state index contributed by atoms with van der Waals surface area (Å²) in [5.74, 6) is -0.783. The first-order valence-electron chi connectivity index (χ1n) is 8.02. The third-order valence-corrected chi connectivity index (χ3v) is 4.48. The van der Waals surface area contributed by atoms with Crippen LogP contribution in [0.15, 0.2) is 24.3 Å². The van der Waals surface area contributed by atoms with Crippen molar-refractivity contribution in [2.24, 2.45) is 5.73 Å². The maximum atomic E-state index is 11.7. The Labute approximate surface area is 137 Å². The number of carboxylic acid groups (broad SMARTS) is 1. The Kier molecular flexibility index (Phi) is 6.12. The second-order valence-corrected chi connectivity index (χ2v) is 6.25. The summed E-state index contributed by atoms with van der Waals surface area (Å²) in [7, 11) is 1.59. The molecule has 6 heteroatoms. The summed E-state index contributed by atoms with van der Waals surface area (Å²) in [6.07, 6.45) is 0.817. The first-order chi connectivity index (χ1) is 10.9. The molecule has 0 aromatic heterocycles. The fourth-order valence-corrected chi connectivity index (χ4v) is 3.20. The van der Waals surface area contributed by atoms with E-state index in [0.29, 0.717) is 19.4 Å². The van der Waals surface area contributed by atoms with Gasteiger partial charge in [0.25, 0.3) is 0 Å². The Balaban J connectivity index is 2.08. The van der Waals surface area contributed by atoms with Crippen LogP contribution < -0.4 is 11.1 Å². The van der Waals surface area contributed by atoms with Crippen LogP contribution >= 0.6 is 0 Å². The standard InChI is InChI=1S/C17H27N3O3/c1-11(8-16(18)23-3)19-12(2)20-10-14-7-5-4-6-13(14)9-15(20)17(21)22/h4-7,11-12,15-16,19H,8-10,18H2,1-3H3,(H,21,22). The minimum absolute atomic E-state index is 0.0662. The number of hydrogen-bond donors (Lipinski definition) is 3. The first-order valence-corrected chi connectivity index (χ1v) is 8.02. The van der Waals surface area contributed by atoms with Crippen molar-refractivity contribution in [1.29, 1.82) is 0 Å². The van der Waals surface area contributed by atoms with Crippen LogP contribution in [0, 0.1) is 0 Å². The van der Waals surface area contributed by atoms with Gasteiger partial charge < -0.3 is 15.6 Å². The molecular formula is C17H27N3O3. The van der Waals surface area contributed by atoms with Crippen LogP contribution in [0.1, 0.15) is 31.4 Å². The quantitative estimate of drug-likeness (QED) is 0.653. The van der Waals surface area contributed by atoms with Crippen LogP contribution in [0.2, 0.25) is 0 Å². The van der Waals surface area contributed by atoms with Crippen LogP contribution in [-0.4, -0.2) is 47.6 Å². The van der Waals surface area contributed by atoms with Gasteiger partial charge in [-0.2, -0.15) is 0 Å². The number of carboxylic acids is 1. The topological polar surface area (TPSA) is 87.8 Å². The molecule has 1 aliphatic heterocycles. The van der Waals surface area contributed by atoms with Gasteiger partial charge in [0.15, 0.2) is 0 Å². The third-order valence-electron chi connectivity index (χ3n) is 4.48. The molecule has 4 atom stereocenters. The van der Waals surface area contributed by atoms with Crippen molar-refractivity contribution in [3.05, 3.63) is 35.4 Å². The Bertz CT molecular complexity index is 538. The molecule has 4 unspecified atom stereocenters. The highest BCUT2D eigenvalue weighted by molar-refractivity contribution is 5.74. The minimum Gasteiger partial charge on any atom is -0.480 e. The molecule has 0 saturated heterocycles. The highest BCUT2D eigenvalue weighted by Gasteiger charge is 2.34. The van der Waals surface area contributed by atoms with Crippen molar-refractivity contribution in [3.8, 4) is 0 Å². The zero-order valence-electron chi connectivity index (χ0n) is 14.0. The second kappa shape index (κ2) is 7.88. The number of nitrogens with zero attached hydrogens (tertiary/aromatic N) is 1. The van der Waals surface area contributed by atoms with E-state index in [4.69, 9.17) is 10.5 Å². The fourth-order valence-electron chi connectivity index (χ4n) is 3.20. The monoisotopic (exact) mass is 321 g/mol. The van der Waals surface area contributed by atoms with Crippen molar-refractivity contribution in [3.63, 3.8) is 0 Å². The number of methoxy groups -OCH3 is 1. The van der Waals surface area contributed by atoms with Crippen molar-refractivity contribution >= 4 is 5.97 Å². The maximum absolute atomic E-state index is 11.7. The van der Waals surface area contributed by atoms with E-state index in [1.807, 2.05) is 36.9 Å². The minimum atomic E-state index is -0.783. The molecule has 0 aliphatic carbocycles. The van der Waals surface area contributed by atoms with Crippen LogP contribution in [0.5, 0.6) is 0 Å². The van der Waals surface area contributed by atoms with E-state index in [0.717, 1.165) is 5.56 Å². The van der Waals surface area contributed by atoms with Crippen LogP contribution in [0.3, 0.4) is 0 Å². The number of carbonyl (C=O) groups is 1. The van der Waals surface area contributed by atoms with Gasteiger partial charge in [-0.3, -0.25) is 15.0 Å². The zero-order valence-corrected chi connectivity index (χ0v) is 14.0. The van der Waals surface area contributed by atoms with Crippen LogP contribution in [0.4, 0.5) is 0 Å². The molecule has 0 amide bonds. The number of benzene rings is 1. The van der Waals surface area contributed by atoms with E-state index in [2.05, 4.69) is 11.4 Å². The first kappa shape index (κ1) is 17.9. The Morgan fingerprint density at radius 1 is 1.43 bits per heavy atom. The predicted octanol–water partition coefficient (Wildman–Crippen LogP) is 1.14. The molecule has 2 rings (SSSR count). The maximum Gasteiger partial charge on any atom is 0.321 e. The lowest BCUT2D eigenvalue weighted by molar-refractivity contribution is -0.145. The summed E-state index contributed by atoms with van der Waals surface area (Å²) < 4.78 is 5.08. The summed E-state index contributed by atoms with van der Waals surface area (Å²) in [5, 5.41) is 13.0. The molecule has 1 aromatic carbocycles. The van der Waals surface area contributed by atoms with Crippen molar-refractivity contribution in [2.45, 2.75) is 57.7 Å². The SMILES string of the molecule is COC(N)CC(C)NC(C)N1Cc2ccccc2CC1C(=O)O. The van der Waals surface area contributed by atoms with Crippen LogP contribution in [0.25, 0.3) is 0 Å². The van der Waals surface area contributed by atoms with Gasteiger partial charge in [-0.25, -0.2) is 0 Å². The molecule has 0 bridgehead atoms. The van der Waals surface area contributed by atoms with Gasteiger partial charge in [0.1, 0.15) is 12.3 Å². The molecule has 1 aliphatic rings. The van der Waals surface area contributed by atoms with E-state index in [1.54, 1.807) is 7.11 Å².